The molecule has 128 valence electrons. The molecular formula is C18H15FIN3O2. The predicted octanol–water partition coefficient (Wildman–Crippen LogP) is 3.63. The molecular weight excluding hydrogens is 436 g/mol. The van der Waals surface area contributed by atoms with Gasteiger partial charge in [-0.15, -0.1) is 0 Å². The van der Waals surface area contributed by atoms with Gasteiger partial charge in [0.2, 0.25) is 0 Å². The first-order chi connectivity index (χ1) is 11.7. The van der Waals surface area contributed by atoms with Crippen LogP contribution in [0, 0.1) is 9.39 Å². The van der Waals surface area contributed by atoms with Crippen LogP contribution in [0.5, 0.6) is 0 Å². The number of benzene rings is 1. The van der Waals surface area contributed by atoms with Gasteiger partial charge in [0.05, 0.1) is 17.1 Å². The lowest BCUT2D eigenvalue weighted by Gasteiger charge is -2.19. The molecule has 25 heavy (non-hydrogen) atoms. The second kappa shape index (κ2) is 6.29. The zero-order chi connectivity index (χ0) is 18.4. The number of hydrogen-bond donors (Lipinski definition) is 0. The molecule has 3 rings (SSSR count). The molecule has 1 aromatic carbocycles. The Kier molecular flexibility index (Phi) is 4.44. The highest BCUT2D eigenvalue weighted by atomic mass is 127. The van der Waals surface area contributed by atoms with Gasteiger partial charge >= 0.3 is 0 Å². The van der Waals surface area contributed by atoms with Gasteiger partial charge in [0.1, 0.15) is 5.82 Å². The Balaban J connectivity index is 2.33. The Bertz CT molecular complexity index is 1050. The first-order valence-electron chi connectivity index (χ1n) is 7.56. The summed E-state index contributed by atoms with van der Waals surface area (Å²) in [5, 5.41) is 4.46. The standard InChI is InChI=1S/C18H15FIN3O2/c1-18(2,3)11-6-10-8-22-23(17(25)15(10)13(19)7-11)16-12(9-24)14(20)4-5-21-16/h4-9H,1-3H3. The molecule has 0 saturated heterocycles. The van der Waals surface area contributed by atoms with Crippen molar-refractivity contribution in [3.05, 3.63) is 61.5 Å². The fourth-order valence-corrected chi connectivity index (χ4v) is 3.06. The van der Waals surface area contributed by atoms with Crippen molar-refractivity contribution < 1.29 is 9.18 Å². The van der Waals surface area contributed by atoms with E-state index in [2.05, 4.69) is 10.1 Å². The van der Waals surface area contributed by atoms with E-state index in [4.69, 9.17) is 0 Å². The van der Waals surface area contributed by atoms with E-state index in [0.717, 1.165) is 10.2 Å². The van der Waals surface area contributed by atoms with Crippen LogP contribution in [-0.2, 0) is 5.41 Å². The third-order valence-corrected chi connectivity index (χ3v) is 4.88. The first-order valence-corrected chi connectivity index (χ1v) is 8.64. The zero-order valence-corrected chi connectivity index (χ0v) is 16.0. The van der Waals surface area contributed by atoms with Gasteiger partial charge < -0.3 is 0 Å². The molecule has 7 heteroatoms. The van der Waals surface area contributed by atoms with Crippen LogP contribution >= 0.6 is 22.6 Å². The van der Waals surface area contributed by atoms with Gasteiger partial charge in [0.25, 0.3) is 5.56 Å². The monoisotopic (exact) mass is 451 g/mol. The number of hydrogen-bond acceptors (Lipinski definition) is 4. The zero-order valence-electron chi connectivity index (χ0n) is 13.9. The molecule has 0 amide bonds. The van der Waals surface area contributed by atoms with Crippen molar-refractivity contribution >= 4 is 39.6 Å². The van der Waals surface area contributed by atoms with Gasteiger partial charge in [-0.1, -0.05) is 20.8 Å². The van der Waals surface area contributed by atoms with Gasteiger partial charge in [-0.2, -0.15) is 9.78 Å². The number of halogens is 2. The van der Waals surface area contributed by atoms with Gasteiger partial charge in [0.15, 0.2) is 12.1 Å². The third kappa shape index (κ3) is 3.08. The lowest BCUT2D eigenvalue weighted by atomic mass is 9.86. The second-order valence-electron chi connectivity index (χ2n) is 6.68. The summed E-state index contributed by atoms with van der Waals surface area (Å²) in [6, 6.07) is 4.78. The number of carbonyl (C=O) groups is 1. The molecule has 0 atom stereocenters. The van der Waals surface area contributed by atoms with Crippen molar-refractivity contribution in [2.75, 3.05) is 0 Å². The van der Waals surface area contributed by atoms with Gasteiger partial charge in [-0.25, -0.2) is 9.37 Å². The fraction of sp³-hybridized carbons (Fsp3) is 0.222. The summed E-state index contributed by atoms with van der Waals surface area (Å²) in [6.45, 7) is 5.90. The summed E-state index contributed by atoms with van der Waals surface area (Å²) in [5.41, 5.74) is 0.111. The molecule has 0 aliphatic heterocycles. The maximum atomic E-state index is 14.7. The van der Waals surface area contributed by atoms with Crippen molar-refractivity contribution in [1.29, 1.82) is 0 Å². The summed E-state index contributed by atoms with van der Waals surface area (Å²) in [7, 11) is 0. The first kappa shape index (κ1) is 17.7. The minimum Gasteiger partial charge on any atom is -0.298 e. The summed E-state index contributed by atoms with van der Waals surface area (Å²) in [5.74, 6) is -0.519. The highest BCUT2D eigenvalue weighted by Crippen LogP contribution is 2.27. The van der Waals surface area contributed by atoms with Crippen molar-refractivity contribution in [1.82, 2.24) is 14.8 Å². The molecule has 0 bridgehead atoms. The third-order valence-electron chi connectivity index (χ3n) is 3.94. The minimum atomic E-state index is -0.645. The molecule has 0 aliphatic rings. The smallest absolute Gasteiger partial charge is 0.283 e. The Morgan fingerprint density at radius 2 is 2.00 bits per heavy atom. The van der Waals surface area contributed by atoms with Crippen LogP contribution in [-0.4, -0.2) is 21.1 Å². The number of nitrogens with zero attached hydrogens (tertiary/aromatic N) is 3. The molecule has 0 N–H and O–H groups in total. The number of carbonyl (C=O) groups excluding carboxylic acids is 1. The quantitative estimate of drug-likeness (QED) is 0.441. The highest BCUT2D eigenvalue weighted by Gasteiger charge is 2.20. The molecule has 2 aromatic heterocycles. The average molecular weight is 451 g/mol. The number of rotatable bonds is 2. The summed E-state index contributed by atoms with van der Waals surface area (Å²) >= 11 is 1.97. The maximum Gasteiger partial charge on any atom is 0.283 e. The summed E-state index contributed by atoms with van der Waals surface area (Å²) in [4.78, 5) is 28.2. The molecule has 0 radical (unpaired) electrons. The largest absolute Gasteiger partial charge is 0.298 e. The number of aromatic nitrogens is 3. The van der Waals surface area contributed by atoms with Crippen molar-refractivity contribution in [3.63, 3.8) is 0 Å². The van der Waals surface area contributed by atoms with Crippen LogP contribution in [0.3, 0.4) is 0 Å². The van der Waals surface area contributed by atoms with Crippen LogP contribution in [0.15, 0.2) is 35.4 Å². The Labute approximate surface area is 157 Å². The van der Waals surface area contributed by atoms with E-state index in [0.29, 0.717) is 15.2 Å². The Hall–Kier alpha value is -2.16. The Morgan fingerprint density at radius 3 is 2.64 bits per heavy atom. The second-order valence-corrected chi connectivity index (χ2v) is 7.84. The predicted molar refractivity (Wildman–Crippen MR) is 102 cm³/mol. The van der Waals surface area contributed by atoms with Crippen molar-refractivity contribution in [2.24, 2.45) is 0 Å². The lowest BCUT2D eigenvalue weighted by molar-refractivity contribution is 0.112. The molecule has 5 nitrogen and oxygen atoms in total. The molecule has 0 saturated carbocycles. The van der Waals surface area contributed by atoms with E-state index in [-0.39, 0.29) is 22.2 Å². The van der Waals surface area contributed by atoms with Crippen LogP contribution in [0.4, 0.5) is 4.39 Å². The summed E-state index contributed by atoms with van der Waals surface area (Å²) in [6.07, 6.45) is 3.51. The molecule has 3 aromatic rings. The SMILES string of the molecule is CC(C)(C)c1cc(F)c2c(=O)n(-c3nccc(I)c3C=O)ncc2c1. The number of fused-ring (bicyclic) bond motifs is 1. The Morgan fingerprint density at radius 1 is 1.28 bits per heavy atom. The number of aldehydes is 1. The van der Waals surface area contributed by atoms with Gasteiger partial charge in [-0.05, 0) is 51.8 Å². The fourth-order valence-electron chi connectivity index (χ4n) is 2.53. The van der Waals surface area contributed by atoms with E-state index < -0.39 is 11.4 Å². The molecule has 0 aliphatic carbocycles. The average Bonchev–Trinajstić information content (AvgIpc) is 2.53. The van der Waals surface area contributed by atoms with E-state index in [1.165, 1.54) is 18.5 Å². The normalized spacial score (nSPS) is 11.7. The van der Waals surface area contributed by atoms with Crippen molar-refractivity contribution in [3.8, 4) is 5.82 Å². The molecule has 0 spiro atoms. The maximum absolute atomic E-state index is 14.7. The molecule has 0 unspecified atom stereocenters. The molecule has 2 heterocycles. The number of pyridine rings is 1. The van der Waals surface area contributed by atoms with Gasteiger partial charge in [-0.3, -0.25) is 9.59 Å². The lowest BCUT2D eigenvalue weighted by Crippen LogP contribution is -2.24. The van der Waals surface area contributed by atoms with Crippen LogP contribution < -0.4 is 5.56 Å². The van der Waals surface area contributed by atoms with E-state index in [1.54, 1.807) is 12.1 Å². The van der Waals surface area contributed by atoms with Crippen LogP contribution in [0.2, 0.25) is 0 Å². The van der Waals surface area contributed by atoms with Crippen LogP contribution in [0.25, 0.3) is 16.6 Å². The topological polar surface area (TPSA) is 64.8 Å². The van der Waals surface area contributed by atoms with Gasteiger partial charge in [0, 0.05) is 15.2 Å². The minimum absolute atomic E-state index is 0.0690. The van der Waals surface area contributed by atoms with Crippen molar-refractivity contribution in [2.45, 2.75) is 26.2 Å². The van der Waals surface area contributed by atoms with E-state index >= 15 is 0 Å². The van der Waals surface area contributed by atoms with E-state index in [1.807, 2.05) is 43.4 Å². The van der Waals surface area contributed by atoms with E-state index in [9.17, 15) is 14.0 Å². The molecule has 0 fully saturated rings. The van der Waals surface area contributed by atoms with Crippen LogP contribution in [0.1, 0.15) is 36.7 Å². The highest BCUT2D eigenvalue weighted by molar-refractivity contribution is 14.1. The summed E-state index contributed by atoms with van der Waals surface area (Å²) < 4.78 is 16.3.